The summed E-state index contributed by atoms with van der Waals surface area (Å²) in [5.74, 6) is -11.8. The molecule has 1 N–H and O–H groups in total. The Morgan fingerprint density at radius 2 is 1.49 bits per heavy atom. The maximum Gasteiger partial charge on any atom is 0.416 e. The molecule has 6 atom stereocenters. The predicted molar refractivity (Wildman–Crippen MR) is 142 cm³/mol. The molecule has 1 saturated carbocycles. The van der Waals surface area contributed by atoms with Crippen molar-refractivity contribution in [3.63, 3.8) is 0 Å². The molecule has 2 aliphatic carbocycles. The third-order valence-corrected chi connectivity index (χ3v) is 10.6. The maximum absolute atomic E-state index is 14.6. The summed E-state index contributed by atoms with van der Waals surface area (Å²) in [4.78, 5) is 50.7. The van der Waals surface area contributed by atoms with Crippen molar-refractivity contribution in [2.75, 3.05) is 11.9 Å². The molecule has 2 aliphatic heterocycles. The number of alkyl halides is 8. The number of allylic oxidation sites excluding steroid dienone is 2. The average molecular weight is 679 g/mol. The highest BCUT2D eigenvalue weighted by Crippen LogP contribution is 2.66. The number of carbonyl (C=O) groups is 4. The van der Waals surface area contributed by atoms with E-state index in [2.05, 4.69) is 0 Å². The molecule has 4 aliphatic rings. The van der Waals surface area contributed by atoms with Crippen LogP contribution in [0.15, 0.2) is 48.0 Å². The Balaban J connectivity index is 1.51. The fraction of sp³-hybridized carbons (Fsp3) is 0.379. The third kappa shape index (κ3) is 4.17. The Morgan fingerprint density at radius 1 is 0.889 bits per heavy atom. The Labute approximate surface area is 259 Å². The maximum atomic E-state index is 14.6. The van der Waals surface area contributed by atoms with Crippen molar-refractivity contribution in [2.45, 2.75) is 40.9 Å². The van der Waals surface area contributed by atoms with Crippen molar-refractivity contribution in [1.29, 1.82) is 0 Å². The molecular formula is C29H19Cl2F7N2O5. The van der Waals surface area contributed by atoms with E-state index in [1.165, 1.54) is 18.2 Å². The number of imide groups is 2. The van der Waals surface area contributed by atoms with E-state index in [0.29, 0.717) is 4.90 Å². The zero-order valence-electron chi connectivity index (χ0n) is 22.6. The lowest BCUT2D eigenvalue weighted by molar-refractivity contribution is -0.143. The van der Waals surface area contributed by atoms with Gasteiger partial charge in [0.05, 0.1) is 28.7 Å². The molecule has 2 heterocycles. The number of likely N-dealkylation sites (tertiary alicyclic amines) is 1. The average Bonchev–Trinajstić information content (AvgIpc) is 3.28. The minimum Gasteiger partial charge on any atom is -0.505 e. The summed E-state index contributed by atoms with van der Waals surface area (Å²) in [5, 5.41) is 10.7. The number of para-hydroxylation sites is 1. The lowest BCUT2D eigenvalue weighted by atomic mass is 9.56. The van der Waals surface area contributed by atoms with Crippen LogP contribution in [-0.4, -0.2) is 50.4 Å². The number of aromatic hydroxyl groups is 1. The lowest BCUT2D eigenvalue weighted by Crippen LogP contribution is -2.60. The number of benzene rings is 2. The van der Waals surface area contributed by atoms with Crippen LogP contribution in [-0.2, 0) is 31.5 Å². The SMILES string of the molecule is CN1C(=O)C2(Cl)CC3C(=CCC4C(=O)N(c5cc(C(F)(F)F)cc(C(F)(F)F)c5)C(=O)C43)C(c3cccc(F)c3O)C2(Cl)C1=O. The van der Waals surface area contributed by atoms with Crippen LogP contribution >= 0.6 is 23.2 Å². The van der Waals surface area contributed by atoms with E-state index in [0.717, 1.165) is 13.1 Å². The molecule has 2 aromatic rings. The highest BCUT2D eigenvalue weighted by Gasteiger charge is 2.76. The van der Waals surface area contributed by atoms with Gasteiger partial charge in [-0.05, 0) is 43.0 Å². The second-order valence-corrected chi connectivity index (χ2v) is 12.7. The highest BCUT2D eigenvalue weighted by atomic mass is 35.5. The molecule has 0 spiro atoms. The number of halogens is 9. The Bertz CT molecular complexity index is 1710. The first-order valence-corrected chi connectivity index (χ1v) is 14.1. The predicted octanol–water partition coefficient (Wildman–Crippen LogP) is 5.76. The van der Waals surface area contributed by atoms with E-state index in [-0.39, 0.29) is 40.7 Å². The third-order valence-electron chi connectivity index (χ3n) is 9.17. The quantitative estimate of drug-likeness (QED) is 0.189. The molecule has 2 saturated heterocycles. The second-order valence-electron chi connectivity index (χ2n) is 11.5. The van der Waals surface area contributed by atoms with Crippen LogP contribution in [0.1, 0.15) is 35.4 Å². The number of carbonyl (C=O) groups excluding carboxylic acids is 4. The topological polar surface area (TPSA) is 95.0 Å². The summed E-state index contributed by atoms with van der Waals surface area (Å²) in [5.41, 5.74) is -4.58. The van der Waals surface area contributed by atoms with Crippen molar-refractivity contribution in [2.24, 2.45) is 17.8 Å². The van der Waals surface area contributed by atoms with E-state index >= 15 is 0 Å². The summed E-state index contributed by atoms with van der Waals surface area (Å²) < 4.78 is 96.2. The lowest BCUT2D eigenvalue weighted by Gasteiger charge is -2.50. The monoisotopic (exact) mass is 678 g/mol. The molecule has 6 unspecified atom stereocenters. The molecule has 7 nitrogen and oxygen atoms in total. The number of amides is 4. The Hall–Kier alpha value is -3.65. The van der Waals surface area contributed by atoms with Gasteiger partial charge in [0, 0.05) is 18.5 Å². The minimum atomic E-state index is -5.26. The molecule has 0 radical (unpaired) electrons. The van der Waals surface area contributed by atoms with Crippen molar-refractivity contribution in [3.8, 4) is 5.75 Å². The molecule has 0 bridgehead atoms. The smallest absolute Gasteiger partial charge is 0.416 e. The highest BCUT2D eigenvalue weighted by molar-refractivity contribution is 6.53. The summed E-state index contributed by atoms with van der Waals surface area (Å²) in [6.45, 7) is 0. The normalized spacial score (nSPS) is 31.6. The van der Waals surface area contributed by atoms with E-state index in [1.54, 1.807) is 0 Å². The van der Waals surface area contributed by atoms with Gasteiger partial charge in [0.2, 0.25) is 11.8 Å². The fourth-order valence-electron chi connectivity index (χ4n) is 7.18. The molecule has 3 fully saturated rings. The fourth-order valence-corrected chi connectivity index (χ4v) is 8.19. The van der Waals surface area contributed by atoms with Crippen LogP contribution in [0.5, 0.6) is 5.75 Å². The van der Waals surface area contributed by atoms with Crippen LogP contribution in [0.2, 0.25) is 0 Å². The number of hydrogen-bond acceptors (Lipinski definition) is 5. The van der Waals surface area contributed by atoms with Crippen molar-refractivity contribution in [1.82, 2.24) is 4.90 Å². The van der Waals surface area contributed by atoms with Crippen LogP contribution in [0.25, 0.3) is 0 Å². The molecule has 0 aromatic heterocycles. The molecular weight excluding hydrogens is 660 g/mol. The number of nitrogens with zero attached hydrogens (tertiary/aromatic N) is 2. The number of anilines is 1. The van der Waals surface area contributed by atoms with E-state index in [9.17, 15) is 55.0 Å². The summed E-state index contributed by atoms with van der Waals surface area (Å²) >= 11 is 13.8. The van der Waals surface area contributed by atoms with Crippen LogP contribution in [0.4, 0.5) is 36.4 Å². The van der Waals surface area contributed by atoms with Gasteiger partial charge in [-0.1, -0.05) is 23.8 Å². The van der Waals surface area contributed by atoms with Gasteiger partial charge in [0.25, 0.3) is 11.8 Å². The molecule has 4 amide bonds. The van der Waals surface area contributed by atoms with Crippen LogP contribution in [0.3, 0.4) is 0 Å². The minimum absolute atomic E-state index is 0.128. The molecule has 238 valence electrons. The molecule has 45 heavy (non-hydrogen) atoms. The number of phenolic OH excluding ortho intramolecular Hbond substituents is 1. The van der Waals surface area contributed by atoms with Crippen LogP contribution in [0, 0.1) is 23.6 Å². The van der Waals surface area contributed by atoms with Gasteiger partial charge in [-0.15, -0.1) is 23.2 Å². The standard InChI is InChI=1S/C29H19Cl2F7N2O5/c1-39-24(44)26(30)10-17-14(20(27(26,31)25(39)45)16-3-2-4-18(32)21(16)41)5-6-15-19(17)23(43)40(22(15)42)13-8-11(28(33,34)35)7-12(9-13)29(36,37)38/h2-5,7-9,15,17,19-20,41H,6,10H2,1H3. The van der Waals surface area contributed by atoms with Crippen molar-refractivity contribution >= 4 is 52.5 Å². The number of rotatable bonds is 2. The van der Waals surface area contributed by atoms with Crippen LogP contribution < -0.4 is 4.90 Å². The van der Waals surface area contributed by atoms with Gasteiger partial charge >= 0.3 is 12.4 Å². The first kappa shape index (κ1) is 31.3. The zero-order valence-corrected chi connectivity index (χ0v) is 24.2. The summed E-state index contributed by atoms with van der Waals surface area (Å²) in [6, 6.07) is 3.70. The number of fused-ring (bicyclic) bond motifs is 4. The summed E-state index contributed by atoms with van der Waals surface area (Å²) in [6.07, 6.45) is -9.95. The zero-order chi connectivity index (χ0) is 33.2. The molecule has 2 aromatic carbocycles. The van der Waals surface area contributed by atoms with Gasteiger partial charge in [0.1, 0.15) is 0 Å². The van der Waals surface area contributed by atoms with Crippen molar-refractivity contribution < 1.29 is 55.0 Å². The van der Waals surface area contributed by atoms with Gasteiger partial charge in [-0.25, -0.2) is 9.29 Å². The van der Waals surface area contributed by atoms with Gasteiger partial charge in [0.15, 0.2) is 21.3 Å². The van der Waals surface area contributed by atoms with Gasteiger partial charge < -0.3 is 5.11 Å². The van der Waals surface area contributed by atoms with E-state index in [1.807, 2.05) is 0 Å². The van der Waals surface area contributed by atoms with E-state index in [4.69, 9.17) is 23.2 Å². The molecule has 16 heteroatoms. The first-order chi connectivity index (χ1) is 20.7. The number of phenols is 1. The second kappa shape index (κ2) is 9.68. The Morgan fingerprint density at radius 3 is 2.07 bits per heavy atom. The van der Waals surface area contributed by atoms with Gasteiger partial charge in [-0.3, -0.25) is 24.1 Å². The molecule has 6 rings (SSSR count). The van der Waals surface area contributed by atoms with Gasteiger partial charge in [-0.2, -0.15) is 26.3 Å². The van der Waals surface area contributed by atoms with Crippen molar-refractivity contribution in [3.05, 3.63) is 70.6 Å². The summed E-state index contributed by atoms with van der Waals surface area (Å²) in [7, 11) is 1.10. The van der Waals surface area contributed by atoms with E-state index < -0.39 is 104 Å². The largest absolute Gasteiger partial charge is 0.505 e. The number of hydrogen-bond donors (Lipinski definition) is 1. The Kier molecular flexibility index (Phi) is 6.74. The first-order valence-electron chi connectivity index (χ1n) is 13.3.